The monoisotopic (exact) mass is 262 g/mol. The van der Waals surface area contributed by atoms with E-state index in [0.717, 1.165) is 37.7 Å². The van der Waals surface area contributed by atoms with E-state index in [1.807, 2.05) is 17.8 Å². The number of hydrogen-bond donors (Lipinski definition) is 1. The summed E-state index contributed by atoms with van der Waals surface area (Å²) in [5.41, 5.74) is 1.06. The SMILES string of the molecule is CCCCn1cc(C)nc1NCCCn1ccnn1. The smallest absolute Gasteiger partial charge is 0.203 e. The molecule has 104 valence electrons. The number of nitrogens with zero attached hydrogens (tertiary/aromatic N) is 5. The van der Waals surface area contributed by atoms with Crippen molar-refractivity contribution in [2.24, 2.45) is 0 Å². The number of aryl methyl sites for hydroxylation is 3. The van der Waals surface area contributed by atoms with Gasteiger partial charge in [0.2, 0.25) is 5.95 Å². The van der Waals surface area contributed by atoms with Crippen molar-refractivity contribution in [3.63, 3.8) is 0 Å². The molecule has 0 aromatic carbocycles. The maximum absolute atomic E-state index is 4.52. The molecule has 6 nitrogen and oxygen atoms in total. The summed E-state index contributed by atoms with van der Waals surface area (Å²) in [5, 5.41) is 11.1. The summed E-state index contributed by atoms with van der Waals surface area (Å²) in [6, 6.07) is 0. The molecule has 0 bridgehead atoms. The standard InChI is InChI=1S/C13H22N6/c1-3-4-8-18-11-12(2)16-13(18)14-6-5-9-19-10-7-15-17-19/h7,10-11H,3-6,8-9H2,1-2H3,(H,14,16). The molecule has 0 radical (unpaired) electrons. The van der Waals surface area contributed by atoms with E-state index in [1.54, 1.807) is 6.20 Å². The van der Waals surface area contributed by atoms with Crippen LogP contribution in [-0.2, 0) is 13.1 Å². The third kappa shape index (κ3) is 4.08. The lowest BCUT2D eigenvalue weighted by molar-refractivity contribution is 0.567. The molecule has 0 spiro atoms. The van der Waals surface area contributed by atoms with E-state index >= 15 is 0 Å². The van der Waals surface area contributed by atoms with Crippen LogP contribution in [0.2, 0.25) is 0 Å². The fourth-order valence-electron chi connectivity index (χ4n) is 1.98. The molecule has 2 aromatic rings. The van der Waals surface area contributed by atoms with Gasteiger partial charge in [0, 0.05) is 32.0 Å². The molecule has 6 heteroatoms. The van der Waals surface area contributed by atoms with Crippen LogP contribution < -0.4 is 5.32 Å². The lowest BCUT2D eigenvalue weighted by Crippen LogP contribution is -2.11. The van der Waals surface area contributed by atoms with E-state index in [4.69, 9.17) is 0 Å². The lowest BCUT2D eigenvalue weighted by Gasteiger charge is -2.09. The number of aromatic nitrogens is 5. The van der Waals surface area contributed by atoms with Crippen LogP contribution >= 0.6 is 0 Å². The number of imidazole rings is 1. The summed E-state index contributed by atoms with van der Waals surface area (Å²) in [4.78, 5) is 4.52. The van der Waals surface area contributed by atoms with Gasteiger partial charge in [0.1, 0.15) is 0 Å². The molecule has 0 unspecified atom stereocenters. The van der Waals surface area contributed by atoms with Crippen molar-refractivity contribution in [3.05, 3.63) is 24.3 Å². The average Bonchev–Trinajstić information content (AvgIpc) is 3.02. The fourth-order valence-corrected chi connectivity index (χ4v) is 1.98. The summed E-state index contributed by atoms with van der Waals surface area (Å²) in [5.74, 6) is 0.976. The first-order chi connectivity index (χ1) is 9.29. The number of anilines is 1. The fraction of sp³-hybridized carbons (Fsp3) is 0.615. The van der Waals surface area contributed by atoms with Gasteiger partial charge in [0.05, 0.1) is 11.9 Å². The second-order valence-corrected chi connectivity index (χ2v) is 4.70. The van der Waals surface area contributed by atoms with Crippen LogP contribution in [-0.4, -0.2) is 31.1 Å². The minimum atomic E-state index is 0.877. The maximum atomic E-state index is 4.52. The molecule has 1 N–H and O–H groups in total. The van der Waals surface area contributed by atoms with Crippen LogP contribution in [0.1, 0.15) is 31.9 Å². The Morgan fingerprint density at radius 1 is 1.26 bits per heavy atom. The van der Waals surface area contributed by atoms with Gasteiger partial charge in [0.25, 0.3) is 0 Å². The molecule has 2 rings (SSSR count). The van der Waals surface area contributed by atoms with Gasteiger partial charge in [-0.2, -0.15) is 0 Å². The zero-order chi connectivity index (χ0) is 13.5. The number of unbranched alkanes of at least 4 members (excludes halogenated alkanes) is 1. The molecule has 2 aromatic heterocycles. The molecule has 0 atom stereocenters. The molecule has 0 amide bonds. The van der Waals surface area contributed by atoms with E-state index in [2.05, 4.69) is 38.3 Å². The molecule has 2 heterocycles. The van der Waals surface area contributed by atoms with Crippen molar-refractivity contribution in [2.45, 2.75) is 46.2 Å². The second kappa shape index (κ2) is 6.92. The van der Waals surface area contributed by atoms with Crippen LogP contribution in [0.3, 0.4) is 0 Å². The highest BCUT2D eigenvalue weighted by Gasteiger charge is 2.04. The van der Waals surface area contributed by atoms with Crippen molar-refractivity contribution in [3.8, 4) is 0 Å². The van der Waals surface area contributed by atoms with Crippen LogP contribution in [0.25, 0.3) is 0 Å². The normalized spacial score (nSPS) is 10.8. The van der Waals surface area contributed by atoms with Crippen molar-refractivity contribution < 1.29 is 0 Å². The highest BCUT2D eigenvalue weighted by molar-refractivity contribution is 5.28. The predicted molar refractivity (Wildman–Crippen MR) is 75.0 cm³/mol. The van der Waals surface area contributed by atoms with Gasteiger partial charge in [-0.25, -0.2) is 4.98 Å². The summed E-state index contributed by atoms with van der Waals surface area (Å²) in [7, 11) is 0. The Hall–Kier alpha value is -1.85. The van der Waals surface area contributed by atoms with E-state index < -0.39 is 0 Å². The van der Waals surface area contributed by atoms with Crippen molar-refractivity contribution in [1.82, 2.24) is 24.5 Å². The van der Waals surface area contributed by atoms with Crippen LogP contribution in [0.5, 0.6) is 0 Å². The van der Waals surface area contributed by atoms with E-state index in [-0.39, 0.29) is 0 Å². The molecule has 0 aliphatic rings. The Labute approximate surface area is 113 Å². The number of nitrogens with one attached hydrogen (secondary N) is 1. The molecule has 0 aliphatic heterocycles. The van der Waals surface area contributed by atoms with Gasteiger partial charge in [0.15, 0.2) is 0 Å². The predicted octanol–water partition coefficient (Wildman–Crippen LogP) is 2.09. The molecule has 0 fully saturated rings. The Morgan fingerprint density at radius 2 is 2.16 bits per heavy atom. The summed E-state index contributed by atoms with van der Waals surface area (Å²) < 4.78 is 4.05. The first kappa shape index (κ1) is 13.6. The van der Waals surface area contributed by atoms with Gasteiger partial charge in [-0.3, -0.25) is 4.68 Å². The Bertz CT molecular complexity index is 473. The zero-order valence-electron chi connectivity index (χ0n) is 11.7. The maximum Gasteiger partial charge on any atom is 0.203 e. The molecular weight excluding hydrogens is 240 g/mol. The Balaban J connectivity index is 1.78. The largest absolute Gasteiger partial charge is 0.356 e. The van der Waals surface area contributed by atoms with Gasteiger partial charge in [-0.1, -0.05) is 18.6 Å². The Kier molecular flexibility index (Phi) is 4.94. The summed E-state index contributed by atoms with van der Waals surface area (Å²) >= 11 is 0. The first-order valence-corrected chi connectivity index (χ1v) is 6.91. The van der Waals surface area contributed by atoms with Gasteiger partial charge in [-0.05, 0) is 19.8 Å². The first-order valence-electron chi connectivity index (χ1n) is 6.91. The third-order valence-corrected chi connectivity index (χ3v) is 2.97. The van der Waals surface area contributed by atoms with Crippen molar-refractivity contribution >= 4 is 5.95 Å². The van der Waals surface area contributed by atoms with Crippen LogP contribution in [0, 0.1) is 6.92 Å². The topological polar surface area (TPSA) is 60.6 Å². The quantitative estimate of drug-likeness (QED) is 0.740. The van der Waals surface area contributed by atoms with E-state index in [9.17, 15) is 0 Å². The number of hydrogen-bond acceptors (Lipinski definition) is 4. The van der Waals surface area contributed by atoms with Crippen LogP contribution in [0.4, 0.5) is 5.95 Å². The van der Waals surface area contributed by atoms with Gasteiger partial charge < -0.3 is 9.88 Å². The average molecular weight is 262 g/mol. The third-order valence-electron chi connectivity index (χ3n) is 2.97. The highest BCUT2D eigenvalue weighted by Crippen LogP contribution is 2.10. The second-order valence-electron chi connectivity index (χ2n) is 4.70. The van der Waals surface area contributed by atoms with Crippen molar-refractivity contribution in [2.75, 3.05) is 11.9 Å². The Morgan fingerprint density at radius 3 is 2.89 bits per heavy atom. The lowest BCUT2D eigenvalue weighted by atomic mass is 10.3. The summed E-state index contributed by atoms with van der Waals surface area (Å²) in [6.45, 7) is 7.03. The van der Waals surface area contributed by atoms with E-state index in [1.165, 1.54) is 12.8 Å². The highest BCUT2D eigenvalue weighted by atomic mass is 15.4. The molecule has 0 saturated heterocycles. The van der Waals surface area contributed by atoms with E-state index in [0.29, 0.717) is 0 Å². The summed E-state index contributed by atoms with van der Waals surface area (Å²) in [6.07, 6.45) is 9.07. The van der Waals surface area contributed by atoms with Gasteiger partial charge in [-0.15, -0.1) is 5.10 Å². The van der Waals surface area contributed by atoms with Crippen molar-refractivity contribution in [1.29, 1.82) is 0 Å². The van der Waals surface area contributed by atoms with Crippen LogP contribution in [0.15, 0.2) is 18.6 Å². The van der Waals surface area contributed by atoms with Gasteiger partial charge >= 0.3 is 0 Å². The molecular formula is C13H22N6. The minimum Gasteiger partial charge on any atom is -0.356 e. The number of rotatable bonds is 8. The molecule has 0 aliphatic carbocycles. The minimum absolute atomic E-state index is 0.877. The molecule has 0 saturated carbocycles. The molecule has 19 heavy (non-hydrogen) atoms. The zero-order valence-corrected chi connectivity index (χ0v) is 11.7.